The number of alkyl halides is 2. The summed E-state index contributed by atoms with van der Waals surface area (Å²) in [5.41, 5.74) is -7.14. The summed E-state index contributed by atoms with van der Waals surface area (Å²) in [5.74, 6) is -5.25. The van der Waals surface area contributed by atoms with Crippen molar-refractivity contribution in [1.82, 2.24) is 0 Å². The lowest BCUT2D eigenvalue weighted by Gasteiger charge is -2.63. The normalized spacial score (nSPS) is 34.1. The minimum atomic E-state index is -2.39. The lowest BCUT2D eigenvalue weighted by atomic mass is 9.44. The van der Waals surface area contributed by atoms with Crippen molar-refractivity contribution < 1.29 is 80.9 Å². The zero-order valence-electron chi connectivity index (χ0n) is 32.7. The second kappa shape index (κ2) is 16.2. The summed E-state index contributed by atoms with van der Waals surface area (Å²) in [5, 5.41) is 20.9. The third-order valence-electron chi connectivity index (χ3n) is 12.2. The van der Waals surface area contributed by atoms with E-state index in [-0.39, 0.29) is 81.5 Å². The van der Waals surface area contributed by atoms with E-state index in [9.17, 15) is 34.4 Å². The zero-order valence-corrected chi connectivity index (χ0v) is 32.7. The number of methoxy groups -OCH3 is 1. The number of hydrogen-bond acceptors (Lipinski definition) is 16. The number of esters is 1. The molecule has 9 atom stereocenters. The van der Waals surface area contributed by atoms with Crippen molar-refractivity contribution in [3.63, 3.8) is 0 Å². The smallest absolute Gasteiger partial charge is 0.493 e. The Bertz CT molecular complexity index is 1870. The Morgan fingerprint density at radius 1 is 0.983 bits per heavy atom. The van der Waals surface area contributed by atoms with Crippen LogP contribution in [0.3, 0.4) is 0 Å². The van der Waals surface area contributed by atoms with Gasteiger partial charge in [-0.3, -0.25) is 9.59 Å². The number of Topliss-reactive ketones (excluding diaryl/α,β-unsaturated/α-hetero) is 1. The molecule has 58 heavy (non-hydrogen) atoms. The number of halogens is 2. The number of aliphatic hydroxyl groups is 1. The van der Waals surface area contributed by atoms with Gasteiger partial charge in [0, 0.05) is 16.7 Å². The second-order valence-electron chi connectivity index (χ2n) is 15.8. The number of nitrogens with zero attached hydrogens (tertiary/aromatic N) is 1. The highest BCUT2D eigenvalue weighted by Crippen LogP contribution is 2.72. The van der Waals surface area contributed by atoms with Gasteiger partial charge >= 0.3 is 12.1 Å². The van der Waals surface area contributed by atoms with Crippen LogP contribution < -0.4 is 9.47 Å². The van der Waals surface area contributed by atoms with Gasteiger partial charge in [0.05, 0.1) is 51.3 Å². The van der Waals surface area contributed by atoms with Gasteiger partial charge in [-0.05, 0) is 81.9 Å². The van der Waals surface area contributed by atoms with Crippen molar-refractivity contribution in [2.45, 2.75) is 82.4 Å². The third-order valence-corrected chi connectivity index (χ3v) is 12.2. The summed E-state index contributed by atoms with van der Waals surface area (Å²) >= 11 is 0. The molecule has 0 amide bonds. The fraction of sp³-hybridized carbons (Fsp3) is 0.641. The van der Waals surface area contributed by atoms with Crippen LogP contribution in [0.15, 0.2) is 42.0 Å². The van der Waals surface area contributed by atoms with Gasteiger partial charge in [0.1, 0.15) is 19.4 Å². The van der Waals surface area contributed by atoms with Crippen molar-refractivity contribution in [2.24, 2.45) is 22.7 Å². The number of ether oxygens (including phenoxy) is 8. The van der Waals surface area contributed by atoms with Crippen LogP contribution >= 0.6 is 0 Å². The van der Waals surface area contributed by atoms with Crippen LogP contribution in [0.5, 0.6) is 11.5 Å². The maximum absolute atomic E-state index is 17.7. The topological polar surface area (TPSA) is 215 Å². The number of aliphatic hydroxyl groups excluding tert-OH is 1. The fourth-order valence-electron chi connectivity index (χ4n) is 9.80. The van der Waals surface area contributed by atoms with E-state index in [0.717, 1.165) is 6.08 Å². The monoisotopic (exact) mass is 823 g/mol. The van der Waals surface area contributed by atoms with E-state index in [1.807, 2.05) is 0 Å². The lowest BCUT2D eigenvalue weighted by molar-refractivity contribution is -0.758. The average molecular weight is 824 g/mol. The summed E-state index contributed by atoms with van der Waals surface area (Å²) in [6, 6.07) is 3.83. The molecule has 1 aliphatic heterocycles. The third kappa shape index (κ3) is 7.46. The molecule has 0 aromatic heterocycles. The van der Waals surface area contributed by atoms with Crippen molar-refractivity contribution >= 4 is 23.7 Å². The van der Waals surface area contributed by atoms with Crippen LogP contribution in [0.1, 0.15) is 57.3 Å². The fourth-order valence-corrected chi connectivity index (χ4v) is 9.80. The standard InChI is InChI=1S/C39H47F2NO16/c1-35(2)57-32-19-24-25-18-27(40)26-17-23(43)8-9-36(26,3)38(25,41)30(44)20-37(24,4)39(32,58-35)31(45)21-54-34(47)56-28-7-6-22(16-29(28)50-5)33(46)53-14-12-51-10-11-52-13-15-55-42(48)49/h6-9,16-17,24-25,27,30,32,44H,10-15,18-21H2,1-5H3/t24?,25?,27-,30?,32+,36?,37-,38-,39+/m0/s1. The summed E-state index contributed by atoms with van der Waals surface area (Å²) in [6.07, 6.45) is -2.56. The molecule has 1 aromatic rings. The second-order valence-corrected chi connectivity index (χ2v) is 15.8. The zero-order chi connectivity index (χ0) is 42.3. The van der Waals surface area contributed by atoms with Gasteiger partial charge in [-0.15, -0.1) is 10.1 Å². The highest BCUT2D eigenvalue weighted by Gasteiger charge is 2.80. The summed E-state index contributed by atoms with van der Waals surface area (Å²) in [4.78, 5) is 66.4. The van der Waals surface area contributed by atoms with Crippen LogP contribution in [0.25, 0.3) is 0 Å². The van der Waals surface area contributed by atoms with Crippen molar-refractivity contribution in [1.29, 1.82) is 0 Å². The Morgan fingerprint density at radius 3 is 2.36 bits per heavy atom. The number of ketones is 2. The molecule has 0 bridgehead atoms. The summed E-state index contributed by atoms with van der Waals surface area (Å²) in [7, 11) is 1.27. The molecule has 19 heteroatoms. The molecule has 4 fully saturated rings. The molecule has 6 rings (SSSR count). The van der Waals surface area contributed by atoms with Crippen LogP contribution in [-0.4, -0.2) is 123 Å². The van der Waals surface area contributed by atoms with E-state index < -0.39 is 93.5 Å². The number of carbonyl (C=O) groups excluding carboxylic acids is 4. The molecular formula is C39H47F2NO16. The Labute approximate surface area is 331 Å². The maximum atomic E-state index is 17.7. The van der Waals surface area contributed by atoms with Crippen molar-refractivity contribution in [3.8, 4) is 11.5 Å². The Kier molecular flexibility index (Phi) is 12.0. The predicted molar refractivity (Wildman–Crippen MR) is 192 cm³/mol. The molecule has 1 N–H and O–H groups in total. The molecule has 1 saturated heterocycles. The SMILES string of the molecule is COc1cc(C(=O)OCCOCCOCCO[N+](=O)[O-])ccc1OC(=O)OCC(=O)[C@@]12OC(C)(C)O[C@@H]1CC1C3C[C@H](F)C4=CC(=O)C=CC4(C)[C@@]3(F)C(O)C[C@@]12C. The van der Waals surface area contributed by atoms with Crippen LogP contribution in [-0.2, 0) is 42.8 Å². The van der Waals surface area contributed by atoms with Gasteiger partial charge in [-0.25, -0.2) is 18.4 Å². The molecule has 1 heterocycles. The molecule has 1 aromatic carbocycles. The average Bonchev–Trinajstić information content (AvgIpc) is 3.58. The maximum Gasteiger partial charge on any atom is 0.514 e. The van der Waals surface area contributed by atoms with Crippen LogP contribution in [0.2, 0.25) is 0 Å². The number of carbonyl (C=O) groups is 4. The first-order valence-electron chi connectivity index (χ1n) is 18.8. The van der Waals surface area contributed by atoms with Gasteiger partial charge in [-0.1, -0.05) is 13.0 Å². The molecule has 17 nitrogen and oxygen atoms in total. The van der Waals surface area contributed by atoms with Crippen molar-refractivity contribution in [3.05, 3.63) is 57.7 Å². The molecule has 0 radical (unpaired) electrons. The van der Waals surface area contributed by atoms with E-state index in [4.69, 9.17) is 37.9 Å². The predicted octanol–water partition coefficient (Wildman–Crippen LogP) is 4.00. The van der Waals surface area contributed by atoms with Gasteiger partial charge < -0.3 is 47.8 Å². The van der Waals surface area contributed by atoms with E-state index in [1.165, 1.54) is 44.4 Å². The molecular weight excluding hydrogens is 776 g/mol. The quantitative estimate of drug-likeness (QED) is 0.0820. The number of fused-ring (bicyclic) bond motifs is 7. The van der Waals surface area contributed by atoms with E-state index in [0.29, 0.717) is 0 Å². The molecule has 318 valence electrons. The van der Waals surface area contributed by atoms with Crippen LogP contribution in [0.4, 0.5) is 13.6 Å². The van der Waals surface area contributed by atoms with Gasteiger partial charge in [0.2, 0.25) is 5.78 Å². The summed E-state index contributed by atoms with van der Waals surface area (Å²) < 4.78 is 77.8. The molecule has 4 aliphatic carbocycles. The lowest BCUT2D eigenvalue weighted by Crippen LogP contribution is -2.71. The van der Waals surface area contributed by atoms with E-state index in [2.05, 4.69) is 4.84 Å². The molecule has 3 saturated carbocycles. The number of hydrogen-bond donors (Lipinski definition) is 1. The molecule has 5 aliphatic rings. The highest BCUT2D eigenvalue weighted by atomic mass is 19.1. The largest absolute Gasteiger partial charge is 0.514 e. The Hall–Kier alpha value is -4.56. The Morgan fingerprint density at radius 2 is 1.67 bits per heavy atom. The minimum absolute atomic E-state index is 0.00334. The van der Waals surface area contributed by atoms with Crippen LogP contribution in [0, 0.1) is 32.8 Å². The first-order valence-corrected chi connectivity index (χ1v) is 18.8. The number of rotatable bonds is 16. The first-order chi connectivity index (χ1) is 27.3. The number of allylic oxidation sites excluding steroid dienone is 4. The minimum Gasteiger partial charge on any atom is -0.493 e. The number of benzene rings is 1. The van der Waals surface area contributed by atoms with E-state index >= 15 is 8.78 Å². The van der Waals surface area contributed by atoms with E-state index in [1.54, 1.807) is 20.8 Å². The first kappa shape index (κ1) is 43.0. The van der Waals surface area contributed by atoms with Crippen molar-refractivity contribution in [2.75, 3.05) is 53.4 Å². The van der Waals surface area contributed by atoms with Gasteiger partial charge in [-0.2, -0.15) is 0 Å². The van der Waals surface area contributed by atoms with Gasteiger partial charge in [0.25, 0.3) is 5.09 Å². The Balaban J connectivity index is 1.08. The summed E-state index contributed by atoms with van der Waals surface area (Å²) in [6.45, 7) is 5.51. The van der Waals surface area contributed by atoms with Gasteiger partial charge in [0.15, 0.2) is 40.9 Å². The highest BCUT2D eigenvalue weighted by molar-refractivity contribution is 6.01. The molecule has 4 unspecified atom stereocenters. The molecule has 0 spiro atoms.